The van der Waals surface area contributed by atoms with E-state index in [9.17, 15) is 4.39 Å². The Morgan fingerprint density at radius 2 is 1.88 bits per heavy atom. The van der Waals surface area contributed by atoms with Crippen LogP contribution in [-0.4, -0.2) is 4.98 Å². The molecule has 1 aromatic carbocycles. The molecule has 0 aliphatic carbocycles. The molecule has 2 aromatic rings. The van der Waals surface area contributed by atoms with Crippen LogP contribution >= 0.6 is 11.6 Å². The summed E-state index contributed by atoms with van der Waals surface area (Å²) in [6.07, 6.45) is 0. The molecule has 0 radical (unpaired) electrons. The van der Waals surface area contributed by atoms with Crippen LogP contribution in [0.25, 0.3) is 0 Å². The van der Waals surface area contributed by atoms with Crippen molar-refractivity contribution in [1.82, 2.24) is 4.98 Å². The summed E-state index contributed by atoms with van der Waals surface area (Å²) in [4.78, 5) is 3.96. The molecule has 1 aromatic heterocycles. The van der Waals surface area contributed by atoms with Crippen molar-refractivity contribution in [1.29, 1.82) is 0 Å². The average molecular weight is 238 g/mol. The molecule has 0 atom stereocenters. The molecular weight excluding hydrogens is 229 g/mol. The number of para-hydroxylation sites is 1. The molecule has 0 bridgehead atoms. The molecule has 82 valence electrons. The standard InChI is InChI=1S/C12H9ClFNO/c13-8-9-6-7-11(14)12(15-9)16-10-4-2-1-3-5-10/h1-7H,8H2. The third-order valence-corrected chi connectivity index (χ3v) is 2.24. The Bertz CT molecular complexity index is 476. The Morgan fingerprint density at radius 1 is 1.12 bits per heavy atom. The smallest absolute Gasteiger partial charge is 0.256 e. The number of rotatable bonds is 3. The fourth-order valence-electron chi connectivity index (χ4n) is 1.21. The van der Waals surface area contributed by atoms with Gasteiger partial charge in [-0.3, -0.25) is 0 Å². The van der Waals surface area contributed by atoms with Crippen molar-refractivity contribution in [2.24, 2.45) is 0 Å². The first-order chi connectivity index (χ1) is 7.79. The summed E-state index contributed by atoms with van der Waals surface area (Å²) < 4.78 is 18.7. The van der Waals surface area contributed by atoms with Crippen LogP contribution in [0.2, 0.25) is 0 Å². The molecule has 2 rings (SSSR count). The normalized spacial score (nSPS) is 10.1. The van der Waals surface area contributed by atoms with Crippen LogP contribution in [-0.2, 0) is 5.88 Å². The predicted octanol–water partition coefficient (Wildman–Crippen LogP) is 3.75. The van der Waals surface area contributed by atoms with E-state index < -0.39 is 5.82 Å². The Morgan fingerprint density at radius 3 is 2.56 bits per heavy atom. The van der Waals surface area contributed by atoms with Gasteiger partial charge >= 0.3 is 0 Å². The Balaban J connectivity index is 2.27. The summed E-state index contributed by atoms with van der Waals surface area (Å²) in [7, 11) is 0. The molecule has 0 amide bonds. The number of hydrogen-bond acceptors (Lipinski definition) is 2. The lowest BCUT2D eigenvalue weighted by Crippen LogP contribution is -1.94. The second-order valence-electron chi connectivity index (χ2n) is 3.14. The lowest BCUT2D eigenvalue weighted by atomic mass is 10.3. The molecule has 4 heteroatoms. The predicted molar refractivity (Wildman–Crippen MR) is 60.3 cm³/mol. The number of ether oxygens (including phenoxy) is 1. The number of halogens is 2. The number of aromatic nitrogens is 1. The van der Waals surface area contributed by atoms with Crippen LogP contribution in [0.1, 0.15) is 5.69 Å². The second kappa shape index (κ2) is 4.94. The van der Waals surface area contributed by atoms with Gasteiger partial charge in [-0.25, -0.2) is 9.37 Å². The molecule has 0 saturated heterocycles. The van der Waals surface area contributed by atoms with Crippen molar-refractivity contribution >= 4 is 11.6 Å². The summed E-state index contributed by atoms with van der Waals surface area (Å²) >= 11 is 5.61. The second-order valence-corrected chi connectivity index (χ2v) is 3.41. The van der Waals surface area contributed by atoms with Crippen molar-refractivity contribution in [2.75, 3.05) is 0 Å². The van der Waals surface area contributed by atoms with E-state index in [2.05, 4.69) is 4.98 Å². The lowest BCUT2D eigenvalue weighted by molar-refractivity contribution is 0.421. The van der Waals surface area contributed by atoms with Gasteiger partial charge in [0.25, 0.3) is 5.88 Å². The molecule has 0 spiro atoms. The van der Waals surface area contributed by atoms with E-state index in [1.54, 1.807) is 24.3 Å². The van der Waals surface area contributed by atoms with Crippen molar-refractivity contribution in [3.63, 3.8) is 0 Å². The van der Waals surface area contributed by atoms with Gasteiger partial charge < -0.3 is 4.74 Å². The maximum Gasteiger partial charge on any atom is 0.256 e. The molecule has 0 aliphatic heterocycles. The topological polar surface area (TPSA) is 22.1 Å². The third kappa shape index (κ3) is 2.49. The Hall–Kier alpha value is -1.61. The van der Waals surface area contributed by atoms with Crippen LogP contribution in [0.4, 0.5) is 4.39 Å². The maximum atomic E-state index is 13.4. The zero-order valence-electron chi connectivity index (χ0n) is 8.36. The summed E-state index contributed by atoms with van der Waals surface area (Å²) in [6, 6.07) is 11.7. The van der Waals surface area contributed by atoms with E-state index in [0.29, 0.717) is 11.4 Å². The van der Waals surface area contributed by atoms with Crippen LogP contribution in [0.5, 0.6) is 11.6 Å². The number of nitrogens with zero attached hydrogens (tertiary/aromatic N) is 1. The van der Waals surface area contributed by atoms with Gasteiger partial charge in [-0.05, 0) is 24.3 Å². The Labute approximate surface area is 97.7 Å². The van der Waals surface area contributed by atoms with Crippen LogP contribution in [0.15, 0.2) is 42.5 Å². The van der Waals surface area contributed by atoms with E-state index in [4.69, 9.17) is 16.3 Å². The van der Waals surface area contributed by atoms with Gasteiger partial charge in [0.15, 0.2) is 5.82 Å². The van der Waals surface area contributed by atoms with Gasteiger partial charge in [-0.2, -0.15) is 0 Å². The minimum absolute atomic E-state index is 0.0515. The number of benzene rings is 1. The average Bonchev–Trinajstić information content (AvgIpc) is 2.33. The number of pyridine rings is 1. The summed E-state index contributed by atoms with van der Waals surface area (Å²) in [5.74, 6) is 0.216. The third-order valence-electron chi connectivity index (χ3n) is 1.97. The van der Waals surface area contributed by atoms with E-state index in [-0.39, 0.29) is 11.8 Å². The summed E-state index contributed by atoms with van der Waals surface area (Å²) in [5.41, 5.74) is 0.578. The van der Waals surface area contributed by atoms with E-state index in [1.165, 1.54) is 12.1 Å². The highest BCUT2D eigenvalue weighted by atomic mass is 35.5. The largest absolute Gasteiger partial charge is 0.436 e. The fourth-order valence-corrected chi connectivity index (χ4v) is 1.36. The molecule has 2 nitrogen and oxygen atoms in total. The highest BCUT2D eigenvalue weighted by Gasteiger charge is 2.07. The molecule has 16 heavy (non-hydrogen) atoms. The molecule has 0 N–H and O–H groups in total. The minimum Gasteiger partial charge on any atom is -0.436 e. The van der Waals surface area contributed by atoms with Gasteiger partial charge in [0.1, 0.15) is 5.75 Å². The van der Waals surface area contributed by atoms with E-state index in [1.807, 2.05) is 6.07 Å². The summed E-state index contributed by atoms with van der Waals surface area (Å²) in [6.45, 7) is 0. The highest BCUT2D eigenvalue weighted by Crippen LogP contribution is 2.22. The van der Waals surface area contributed by atoms with Crippen molar-refractivity contribution in [3.05, 3.63) is 54.0 Å². The number of alkyl halides is 1. The molecule has 1 heterocycles. The zero-order valence-corrected chi connectivity index (χ0v) is 9.12. The fraction of sp³-hybridized carbons (Fsp3) is 0.0833. The van der Waals surface area contributed by atoms with Gasteiger partial charge in [0.05, 0.1) is 11.6 Å². The quantitative estimate of drug-likeness (QED) is 0.759. The lowest BCUT2D eigenvalue weighted by Gasteiger charge is -2.06. The van der Waals surface area contributed by atoms with Crippen molar-refractivity contribution < 1.29 is 9.13 Å². The van der Waals surface area contributed by atoms with Crippen LogP contribution < -0.4 is 4.74 Å². The Kier molecular flexibility index (Phi) is 3.37. The first kappa shape index (κ1) is 10.9. The molecular formula is C12H9ClFNO. The molecule has 0 fully saturated rings. The van der Waals surface area contributed by atoms with E-state index >= 15 is 0 Å². The maximum absolute atomic E-state index is 13.4. The van der Waals surface area contributed by atoms with Crippen molar-refractivity contribution in [3.8, 4) is 11.6 Å². The first-order valence-corrected chi connectivity index (χ1v) is 5.27. The minimum atomic E-state index is -0.502. The van der Waals surface area contributed by atoms with Gasteiger partial charge in [-0.1, -0.05) is 18.2 Å². The first-order valence-electron chi connectivity index (χ1n) is 4.74. The van der Waals surface area contributed by atoms with Crippen LogP contribution in [0, 0.1) is 5.82 Å². The molecule has 0 unspecified atom stereocenters. The molecule has 0 aliphatic rings. The number of hydrogen-bond donors (Lipinski definition) is 0. The van der Waals surface area contributed by atoms with Gasteiger partial charge in [0.2, 0.25) is 0 Å². The monoisotopic (exact) mass is 237 g/mol. The van der Waals surface area contributed by atoms with Gasteiger partial charge in [0, 0.05) is 0 Å². The zero-order chi connectivity index (χ0) is 11.4. The van der Waals surface area contributed by atoms with Crippen molar-refractivity contribution in [2.45, 2.75) is 5.88 Å². The van der Waals surface area contributed by atoms with Gasteiger partial charge in [-0.15, -0.1) is 11.6 Å². The SMILES string of the molecule is Fc1ccc(CCl)nc1Oc1ccccc1. The highest BCUT2D eigenvalue weighted by molar-refractivity contribution is 6.16. The molecule has 0 saturated carbocycles. The van der Waals surface area contributed by atoms with E-state index in [0.717, 1.165) is 0 Å². The van der Waals surface area contributed by atoms with Crippen LogP contribution in [0.3, 0.4) is 0 Å². The summed E-state index contributed by atoms with van der Waals surface area (Å²) in [5, 5.41) is 0.